The van der Waals surface area contributed by atoms with E-state index in [9.17, 15) is 13.2 Å². The van der Waals surface area contributed by atoms with Gasteiger partial charge in [-0.05, 0) is 18.6 Å². The molecule has 8 nitrogen and oxygen atoms in total. The van der Waals surface area contributed by atoms with E-state index < -0.39 is 15.7 Å². The van der Waals surface area contributed by atoms with Crippen LogP contribution in [0.1, 0.15) is 28.5 Å². The van der Waals surface area contributed by atoms with Crippen molar-refractivity contribution in [2.45, 2.75) is 12.5 Å². The molecule has 1 aliphatic heterocycles. The van der Waals surface area contributed by atoms with Gasteiger partial charge >= 0.3 is 0 Å². The summed E-state index contributed by atoms with van der Waals surface area (Å²) < 4.78 is 24.7. The van der Waals surface area contributed by atoms with Crippen LogP contribution < -0.4 is 5.32 Å². The van der Waals surface area contributed by atoms with Crippen LogP contribution in [0.3, 0.4) is 0 Å². The van der Waals surface area contributed by atoms with Crippen molar-refractivity contribution in [3.63, 3.8) is 0 Å². The van der Waals surface area contributed by atoms with Crippen LogP contribution in [-0.4, -0.2) is 40.6 Å². The predicted octanol–water partition coefficient (Wildman–Crippen LogP) is 1.42. The van der Waals surface area contributed by atoms with E-state index in [-0.39, 0.29) is 34.0 Å². The average Bonchev–Trinajstić information content (AvgIpc) is 3.13. The number of nitriles is 1. The van der Waals surface area contributed by atoms with Crippen LogP contribution in [0.5, 0.6) is 0 Å². The Morgan fingerprint density at radius 1 is 1.42 bits per heavy atom. The molecule has 24 heavy (non-hydrogen) atoms. The van der Waals surface area contributed by atoms with E-state index in [0.717, 1.165) is 0 Å². The molecule has 1 amide bonds. The van der Waals surface area contributed by atoms with Gasteiger partial charge in [0.15, 0.2) is 9.84 Å². The highest BCUT2D eigenvalue weighted by Crippen LogP contribution is 2.26. The summed E-state index contributed by atoms with van der Waals surface area (Å²) in [5, 5.41) is 15.5. The Labute approximate surface area is 143 Å². The number of rotatable bonds is 3. The molecule has 1 saturated heterocycles. The fourth-order valence-electron chi connectivity index (χ4n) is 2.50. The molecule has 0 aliphatic carbocycles. The minimum absolute atomic E-state index is 0.00149. The molecule has 0 radical (unpaired) electrons. The van der Waals surface area contributed by atoms with Crippen LogP contribution in [0.15, 0.2) is 24.4 Å². The lowest BCUT2D eigenvalue weighted by Crippen LogP contribution is -2.20. The predicted molar refractivity (Wildman–Crippen MR) is 86.5 cm³/mol. The second-order valence-corrected chi connectivity index (χ2v) is 7.91. The van der Waals surface area contributed by atoms with Gasteiger partial charge < -0.3 is 5.32 Å². The summed E-state index contributed by atoms with van der Waals surface area (Å²) in [4.78, 5) is 16.2. The summed E-state index contributed by atoms with van der Waals surface area (Å²) in [5.74, 6) is -0.0377. The molecule has 0 spiro atoms. The zero-order valence-electron chi connectivity index (χ0n) is 12.3. The van der Waals surface area contributed by atoms with Crippen LogP contribution in [0.4, 0.5) is 5.82 Å². The maximum Gasteiger partial charge on any atom is 0.275 e. The third-order valence-electron chi connectivity index (χ3n) is 3.67. The number of aromatic nitrogens is 3. The number of halogens is 1. The van der Waals surface area contributed by atoms with Gasteiger partial charge in [-0.15, -0.1) is 0 Å². The first kappa shape index (κ1) is 16.4. The van der Waals surface area contributed by atoms with Crippen molar-refractivity contribution in [1.29, 1.82) is 5.26 Å². The van der Waals surface area contributed by atoms with Gasteiger partial charge in [-0.3, -0.25) is 4.79 Å². The fraction of sp³-hybridized carbons (Fsp3) is 0.286. The van der Waals surface area contributed by atoms with Crippen LogP contribution in [-0.2, 0) is 9.84 Å². The van der Waals surface area contributed by atoms with Gasteiger partial charge in [0.05, 0.1) is 29.3 Å². The third-order valence-corrected chi connectivity index (χ3v) is 5.71. The van der Waals surface area contributed by atoms with Crippen LogP contribution in [0, 0.1) is 11.3 Å². The summed E-state index contributed by atoms with van der Waals surface area (Å²) in [6.45, 7) is 0. The van der Waals surface area contributed by atoms with Crippen molar-refractivity contribution in [2.75, 3.05) is 16.8 Å². The van der Waals surface area contributed by atoms with E-state index in [1.54, 1.807) is 6.07 Å². The Morgan fingerprint density at radius 2 is 2.21 bits per heavy atom. The number of nitrogens with zero attached hydrogens (tertiary/aromatic N) is 4. The third kappa shape index (κ3) is 3.25. The normalized spacial score (nSPS) is 18.9. The van der Waals surface area contributed by atoms with Gasteiger partial charge in [0, 0.05) is 6.07 Å². The van der Waals surface area contributed by atoms with Crippen molar-refractivity contribution in [1.82, 2.24) is 14.8 Å². The molecule has 10 heteroatoms. The maximum absolute atomic E-state index is 12.3. The van der Waals surface area contributed by atoms with Crippen molar-refractivity contribution in [3.8, 4) is 6.07 Å². The molecule has 0 bridgehead atoms. The molecule has 0 unspecified atom stereocenters. The zero-order chi connectivity index (χ0) is 17.3. The highest BCUT2D eigenvalue weighted by atomic mass is 35.5. The topological polar surface area (TPSA) is 118 Å². The van der Waals surface area contributed by atoms with Crippen molar-refractivity contribution < 1.29 is 13.2 Å². The lowest BCUT2D eigenvalue weighted by molar-refractivity contribution is 0.102. The molecule has 1 atom stereocenters. The van der Waals surface area contributed by atoms with E-state index in [2.05, 4.69) is 15.4 Å². The largest absolute Gasteiger partial charge is 0.305 e. The van der Waals surface area contributed by atoms with Crippen molar-refractivity contribution >= 4 is 33.2 Å². The number of anilines is 1. The number of pyridine rings is 1. The van der Waals surface area contributed by atoms with Gasteiger partial charge in [-0.25, -0.2) is 18.1 Å². The van der Waals surface area contributed by atoms with Crippen LogP contribution in [0.2, 0.25) is 5.15 Å². The second kappa shape index (κ2) is 6.22. The van der Waals surface area contributed by atoms with Gasteiger partial charge in [-0.2, -0.15) is 10.4 Å². The first-order chi connectivity index (χ1) is 11.4. The number of carbonyl (C=O) groups is 1. The number of sulfone groups is 1. The number of hydrogen-bond acceptors (Lipinski definition) is 6. The molecule has 124 valence electrons. The Morgan fingerprint density at radius 3 is 2.83 bits per heavy atom. The number of carbonyl (C=O) groups excluding carboxylic acids is 1. The Balaban J connectivity index is 1.80. The summed E-state index contributed by atoms with van der Waals surface area (Å²) >= 11 is 5.82. The molecule has 3 heterocycles. The Hall–Kier alpha value is -2.44. The molecule has 3 rings (SSSR count). The van der Waals surface area contributed by atoms with E-state index in [1.165, 1.54) is 23.0 Å². The highest BCUT2D eigenvalue weighted by molar-refractivity contribution is 7.91. The molecule has 2 aromatic rings. The molecule has 2 aromatic heterocycles. The fourth-order valence-corrected chi connectivity index (χ4v) is 4.39. The lowest BCUT2D eigenvalue weighted by Gasteiger charge is -2.13. The minimum atomic E-state index is -3.07. The van der Waals surface area contributed by atoms with E-state index in [1.807, 2.05) is 6.07 Å². The van der Waals surface area contributed by atoms with Gasteiger partial charge in [0.1, 0.15) is 22.7 Å². The SMILES string of the molecule is N#Cc1ccc(C(=O)Nc2ccnn2[C@H]2CCS(=O)(=O)C2)nc1Cl. The van der Waals surface area contributed by atoms with Gasteiger partial charge in [0.2, 0.25) is 0 Å². The number of hydrogen-bond donors (Lipinski definition) is 1. The second-order valence-electron chi connectivity index (χ2n) is 5.32. The van der Waals surface area contributed by atoms with Gasteiger partial charge in [-0.1, -0.05) is 11.6 Å². The summed E-state index contributed by atoms with van der Waals surface area (Å²) in [7, 11) is -3.07. The van der Waals surface area contributed by atoms with Gasteiger partial charge in [0.25, 0.3) is 5.91 Å². The summed E-state index contributed by atoms with van der Waals surface area (Å²) in [5.41, 5.74) is 0.222. The summed E-state index contributed by atoms with van der Waals surface area (Å²) in [6.07, 6.45) is 1.94. The summed E-state index contributed by atoms with van der Waals surface area (Å²) in [6, 6.07) is 5.93. The maximum atomic E-state index is 12.3. The Kier molecular flexibility index (Phi) is 4.26. The van der Waals surface area contributed by atoms with E-state index in [0.29, 0.717) is 12.2 Å². The monoisotopic (exact) mass is 365 g/mol. The number of amides is 1. The quantitative estimate of drug-likeness (QED) is 0.822. The smallest absolute Gasteiger partial charge is 0.275 e. The molecule has 0 aromatic carbocycles. The number of nitrogens with one attached hydrogen (secondary N) is 1. The standard InChI is InChI=1S/C14H12ClN5O3S/c15-13-9(7-16)1-2-11(18-13)14(21)19-12-3-5-17-20(12)10-4-6-24(22,23)8-10/h1-3,5,10H,4,6,8H2,(H,19,21)/t10-/m0/s1. The van der Waals surface area contributed by atoms with Crippen molar-refractivity contribution in [2.24, 2.45) is 0 Å². The molecule has 1 N–H and O–H groups in total. The van der Waals surface area contributed by atoms with E-state index in [4.69, 9.17) is 16.9 Å². The first-order valence-electron chi connectivity index (χ1n) is 7.01. The molecular weight excluding hydrogens is 354 g/mol. The highest BCUT2D eigenvalue weighted by Gasteiger charge is 2.31. The molecule has 1 fully saturated rings. The molecular formula is C14H12ClN5O3S. The van der Waals surface area contributed by atoms with Crippen LogP contribution >= 0.6 is 11.6 Å². The molecule has 1 aliphatic rings. The lowest BCUT2D eigenvalue weighted by atomic mass is 10.2. The zero-order valence-corrected chi connectivity index (χ0v) is 13.9. The average molecular weight is 366 g/mol. The molecule has 0 saturated carbocycles. The minimum Gasteiger partial charge on any atom is -0.305 e. The first-order valence-corrected chi connectivity index (χ1v) is 9.21. The van der Waals surface area contributed by atoms with Crippen molar-refractivity contribution in [3.05, 3.63) is 40.8 Å². The Bertz CT molecular complexity index is 948. The van der Waals surface area contributed by atoms with E-state index >= 15 is 0 Å². The van der Waals surface area contributed by atoms with Crippen LogP contribution in [0.25, 0.3) is 0 Å².